The number of likely N-dealkylation sites (tertiary alicyclic amines) is 1. The summed E-state index contributed by atoms with van der Waals surface area (Å²) in [6.07, 6.45) is 2.61. The molecule has 0 aliphatic carbocycles. The van der Waals surface area contributed by atoms with E-state index in [1.165, 1.54) is 35.7 Å². The molecular formula is C21H28FN3S. The van der Waals surface area contributed by atoms with Gasteiger partial charge in [-0.15, -0.1) is 11.3 Å². The van der Waals surface area contributed by atoms with Crippen LogP contribution in [0.15, 0.2) is 36.4 Å². The SMILES string of the molecule is Cc1ccc(CN2CCCC(N3CCN(c4ccc(F)cc4)CC3)C2)s1. The molecule has 0 N–H and O–H groups in total. The average Bonchev–Trinajstić information content (AvgIpc) is 3.07. The van der Waals surface area contributed by atoms with Gasteiger partial charge in [0.1, 0.15) is 5.82 Å². The molecule has 0 radical (unpaired) electrons. The summed E-state index contributed by atoms with van der Waals surface area (Å²) in [5.74, 6) is -0.157. The van der Waals surface area contributed by atoms with Gasteiger partial charge in [-0.25, -0.2) is 4.39 Å². The lowest BCUT2D eigenvalue weighted by molar-refractivity contribution is 0.0893. The van der Waals surface area contributed by atoms with Crippen molar-refractivity contribution in [3.8, 4) is 0 Å². The van der Waals surface area contributed by atoms with Crippen LogP contribution in [0.25, 0.3) is 0 Å². The smallest absolute Gasteiger partial charge is 0.123 e. The van der Waals surface area contributed by atoms with E-state index in [1.54, 1.807) is 12.1 Å². The quantitative estimate of drug-likeness (QED) is 0.803. The van der Waals surface area contributed by atoms with Gasteiger partial charge < -0.3 is 4.90 Å². The summed E-state index contributed by atoms with van der Waals surface area (Å²) in [5, 5.41) is 0. The number of hydrogen-bond donors (Lipinski definition) is 0. The molecule has 26 heavy (non-hydrogen) atoms. The molecular weight excluding hydrogens is 345 g/mol. The second-order valence-electron chi connectivity index (χ2n) is 7.54. The summed E-state index contributed by atoms with van der Waals surface area (Å²) in [6, 6.07) is 12.1. The number of thiophene rings is 1. The second kappa shape index (κ2) is 8.07. The fraction of sp³-hybridized carbons (Fsp3) is 0.524. The molecule has 1 aromatic carbocycles. The Morgan fingerprint density at radius 3 is 2.46 bits per heavy atom. The van der Waals surface area contributed by atoms with E-state index in [9.17, 15) is 4.39 Å². The van der Waals surface area contributed by atoms with Crippen molar-refractivity contribution in [2.24, 2.45) is 0 Å². The van der Waals surface area contributed by atoms with E-state index in [0.29, 0.717) is 6.04 Å². The van der Waals surface area contributed by atoms with E-state index in [4.69, 9.17) is 0 Å². The molecule has 0 spiro atoms. The highest BCUT2D eigenvalue weighted by Gasteiger charge is 2.28. The third kappa shape index (κ3) is 4.27. The molecule has 3 heterocycles. The lowest BCUT2D eigenvalue weighted by Crippen LogP contribution is -2.55. The van der Waals surface area contributed by atoms with Gasteiger partial charge in [-0.1, -0.05) is 0 Å². The first-order chi connectivity index (χ1) is 12.7. The molecule has 1 unspecified atom stereocenters. The highest BCUT2D eigenvalue weighted by atomic mass is 32.1. The summed E-state index contributed by atoms with van der Waals surface area (Å²) in [7, 11) is 0. The number of anilines is 1. The van der Waals surface area contributed by atoms with Crippen LogP contribution in [0.1, 0.15) is 22.6 Å². The maximum atomic E-state index is 13.1. The summed E-state index contributed by atoms with van der Waals surface area (Å²) in [5.41, 5.74) is 1.14. The van der Waals surface area contributed by atoms with Crippen LogP contribution in [0, 0.1) is 12.7 Å². The Kier molecular flexibility index (Phi) is 5.57. The van der Waals surface area contributed by atoms with Gasteiger partial charge in [0.25, 0.3) is 0 Å². The zero-order valence-electron chi connectivity index (χ0n) is 15.5. The Hall–Kier alpha value is -1.43. The molecule has 2 saturated heterocycles. The summed E-state index contributed by atoms with van der Waals surface area (Å²) < 4.78 is 13.1. The Labute approximate surface area is 160 Å². The second-order valence-corrected chi connectivity index (χ2v) is 8.92. The van der Waals surface area contributed by atoms with Crippen LogP contribution >= 0.6 is 11.3 Å². The molecule has 4 rings (SSSR count). The van der Waals surface area contributed by atoms with Gasteiger partial charge in [0.2, 0.25) is 0 Å². The Morgan fingerprint density at radius 1 is 1.00 bits per heavy atom. The Bertz CT molecular complexity index is 706. The van der Waals surface area contributed by atoms with E-state index < -0.39 is 0 Å². The minimum absolute atomic E-state index is 0.157. The third-order valence-corrected chi connectivity index (χ3v) is 6.66. The van der Waals surface area contributed by atoms with Crippen molar-refractivity contribution in [3.63, 3.8) is 0 Å². The molecule has 2 aliphatic heterocycles. The predicted molar refractivity (Wildman–Crippen MR) is 108 cm³/mol. The van der Waals surface area contributed by atoms with Crippen molar-refractivity contribution in [2.75, 3.05) is 44.2 Å². The third-order valence-electron chi connectivity index (χ3n) is 5.68. The number of aryl methyl sites for hydroxylation is 1. The Morgan fingerprint density at radius 2 is 1.77 bits per heavy atom. The number of hydrogen-bond acceptors (Lipinski definition) is 4. The molecule has 0 amide bonds. The van der Waals surface area contributed by atoms with Crippen molar-refractivity contribution in [2.45, 2.75) is 32.4 Å². The van der Waals surface area contributed by atoms with Gasteiger partial charge in [0.05, 0.1) is 0 Å². The maximum Gasteiger partial charge on any atom is 0.123 e. The fourth-order valence-electron chi connectivity index (χ4n) is 4.26. The van der Waals surface area contributed by atoms with Gasteiger partial charge in [-0.05, 0) is 62.7 Å². The van der Waals surface area contributed by atoms with Crippen molar-refractivity contribution in [3.05, 3.63) is 52.0 Å². The molecule has 1 aromatic heterocycles. The van der Waals surface area contributed by atoms with Crippen LogP contribution in [0.3, 0.4) is 0 Å². The number of piperazine rings is 1. The monoisotopic (exact) mass is 373 g/mol. The summed E-state index contributed by atoms with van der Waals surface area (Å²) in [4.78, 5) is 10.6. The van der Waals surface area contributed by atoms with Crippen molar-refractivity contribution >= 4 is 17.0 Å². The summed E-state index contributed by atoms with van der Waals surface area (Å²) in [6.45, 7) is 9.98. The molecule has 5 heteroatoms. The fourth-order valence-corrected chi connectivity index (χ4v) is 5.19. The lowest BCUT2D eigenvalue weighted by atomic mass is 10.0. The number of piperidine rings is 1. The van der Waals surface area contributed by atoms with Gasteiger partial charge in [0, 0.05) is 60.8 Å². The van der Waals surface area contributed by atoms with Crippen LogP contribution in [0.2, 0.25) is 0 Å². The van der Waals surface area contributed by atoms with E-state index in [1.807, 2.05) is 23.5 Å². The Balaban J connectivity index is 1.30. The van der Waals surface area contributed by atoms with Gasteiger partial charge >= 0.3 is 0 Å². The molecule has 1 atom stereocenters. The normalized spacial score (nSPS) is 22.7. The van der Waals surface area contributed by atoms with Crippen LogP contribution in [0.4, 0.5) is 10.1 Å². The largest absolute Gasteiger partial charge is 0.369 e. The number of halogens is 1. The van der Waals surface area contributed by atoms with Crippen molar-refractivity contribution in [1.29, 1.82) is 0 Å². The molecule has 0 saturated carbocycles. The van der Waals surface area contributed by atoms with Crippen molar-refractivity contribution in [1.82, 2.24) is 9.80 Å². The van der Waals surface area contributed by atoms with Crippen molar-refractivity contribution < 1.29 is 4.39 Å². The first-order valence-electron chi connectivity index (χ1n) is 9.69. The topological polar surface area (TPSA) is 9.72 Å². The van der Waals surface area contributed by atoms with E-state index in [-0.39, 0.29) is 5.82 Å². The molecule has 2 aromatic rings. The standard InChI is InChI=1S/C21H28FN3S/c1-17-4-9-21(26-17)16-23-10-2-3-20(15-23)25-13-11-24(12-14-25)19-7-5-18(22)6-8-19/h4-9,20H,2-3,10-16H2,1H3. The van der Waals surface area contributed by atoms with Crippen LogP contribution < -0.4 is 4.90 Å². The highest BCUT2D eigenvalue weighted by Crippen LogP contribution is 2.24. The minimum atomic E-state index is -0.157. The van der Waals surface area contributed by atoms with E-state index >= 15 is 0 Å². The van der Waals surface area contributed by atoms with E-state index in [2.05, 4.69) is 33.8 Å². The minimum Gasteiger partial charge on any atom is -0.369 e. The van der Waals surface area contributed by atoms with E-state index in [0.717, 1.165) is 38.4 Å². The van der Waals surface area contributed by atoms with Gasteiger partial charge in [-0.3, -0.25) is 9.80 Å². The maximum absolute atomic E-state index is 13.1. The molecule has 2 aliphatic rings. The van der Waals surface area contributed by atoms with Gasteiger partial charge in [-0.2, -0.15) is 0 Å². The molecule has 140 valence electrons. The van der Waals surface area contributed by atoms with Crippen LogP contribution in [-0.4, -0.2) is 55.1 Å². The zero-order valence-corrected chi connectivity index (χ0v) is 16.3. The molecule has 2 fully saturated rings. The first kappa shape index (κ1) is 18.0. The zero-order chi connectivity index (χ0) is 17.9. The predicted octanol–water partition coefficient (Wildman–Crippen LogP) is 3.98. The number of nitrogens with zero attached hydrogens (tertiary/aromatic N) is 3. The molecule has 0 bridgehead atoms. The number of rotatable bonds is 4. The summed E-state index contributed by atoms with van der Waals surface area (Å²) >= 11 is 1.93. The van der Waals surface area contributed by atoms with Crippen LogP contribution in [-0.2, 0) is 6.54 Å². The van der Waals surface area contributed by atoms with Crippen LogP contribution in [0.5, 0.6) is 0 Å². The highest BCUT2D eigenvalue weighted by molar-refractivity contribution is 7.11. The number of benzene rings is 1. The average molecular weight is 374 g/mol. The van der Waals surface area contributed by atoms with Gasteiger partial charge in [0.15, 0.2) is 0 Å². The molecule has 3 nitrogen and oxygen atoms in total. The lowest BCUT2D eigenvalue weighted by Gasteiger charge is -2.44. The first-order valence-corrected chi connectivity index (χ1v) is 10.5.